The molecule has 2 aromatic rings. The quantitative estimate of drug-likeness (QED) is 0.785. The largest absolute Gasteiger partial charge is 0.495 e. The molecular formula is C13H9N3O. The molecule has 82 valence electrons. The highest BCUT2D eigenvalue weighted by Gasteiger charge is 2.13. The number of ether oxygens (including phenoxy) is 1. The van der Waals surface area contributed by atoms with Gasteiger partial charge in [0.1, 0.15) is 17.5 Å². The van der Waals surface area contributed by atoms with Gasteiger partial charge in [0.05, 0.1) is 18.9 Å². The van der Waals surface area contributed by atoms with E-state index < -0.39 is 0 Å². The highest BCUT2D eigenvalue weighted by molar-refractivity contribution is 5.89. The Bertz CT molecular complexity index is 701. The molecule has 4 heteroatoms. The molecule has 2 aromatic heterocycles. The molecule has 0 bridgehead atoms. The predicted molar refractivity (Wildman–Crippen MR) is 64.4 cm³/mol. The van der Waals surface area contributed by atoms with Gasteiger partial charge < -0.3 is 4.74 Å². The van der Waals surface area contributed by atoms with Crippen molar-refractivity contribution in [1.29, 1.82) is 5.26 Å². The zero-order valence-electron chi connectivity index (χ0n) is 9.21. The van der Waals surface area contributed by atoms with E-state index in [1.54, 1.807) is 19.5 Å². The fourth-order valence-corrected chi connectivity index (χ4v) is 1.83. The van der Waals surface area contributed by atoms with Crippen LogP contribution in [0.2, 0.25) is 0 Å². The topological polar surface area (TPSA) is 50.8 Å². The Hall–Kier alpha value is -2.54. The standard InChI is InChI=1S/C13H9N3O/c1-17-11-5-12-9(6-14)8-16(10-3-2-4-10)13(12)15-7-11/h2-5,7-8H,1H3. The van der Waals surface area contributed by atoms with Crippen molar-refractivity contribution in [2.45, 2.75) is 0 Å². The molecule has 0 atom stereocenters. The maximum absolute atomic E-state index is 9.12. The third-order valence-corrected chi connectivity index (χ3v) is 2.79. The number of rotatable bonds is 2. The van der Waals surface area contributed by atoms with Gasteiger partial charge in [-0.2, -0.15) is 5.26 Å². The minimum Gasteiger partial charge on any atom is -0.495 e. The van der Waals surface area contributed by atoms with E-state index in [9.17, 15) is 0 Å². The Morgan fingerprint density at radius 2 is 2.29 bits per heavy atom. The summed E-state index contributed by atoms with van der Waals surface area (Å²) in [6.07, 6.45) is 9.37. The third-order valence-electron chi connectivity index (χ3n) is 2.79. The maximum atomic E-state index is 9.12. The van der Waals surface area contributed by atoms with Gasteiger partial charge in [-0.1, -0.05) is 6.08 Å². The summed E-state index contributed by atoms with van der Waals surface area (Å²) >= 11 is 0. The fourth-order valence-electron chi connectivity index (χ4n) is 1.83. The van der Waals surface area contributed by atoms with Crippen molar-refractivity contribution < 1.29 is 4.74 Å². The summed E-state index contributed by atoms with van der Waals surface area (Å²) in [4.78, 5) is 4.34. The molecule has 1 aliphatic carbocycles. The van der Waals surface area contributed by atoms with Crippen LogP contribution in [0.1, 0.15) is 5.56 Å². The molecule has 0 saturated carbocycles. The molecule has 0 unspecified atom stereocenters. The molecule has 3 rings (SSSR count). The van der Waals surface area contributed by atoms with E-state index in [0.717, 1.165) is 16.7 Å². The monoisotopic (exact) mass is 223 g/mol. The van der Waals surface area contributed by atoms with Crippen molar-refractivity contribution in [3.8, 4) is 11.8 Å². The summed E-state index contributed by atoms with van der Waals surface area (Å²) in [6, 6.07) is 4.01. The molecule has 17 heavy (non-hydrogen) atoms. The van der Waals surface area contributed by atoms with E-state index in [1.165, 1.54) is 0 Å². The molecule has 0 aromatic carbocycles. The Kier molecular flexibility index (Phi) is 1.99. The minimum atomic E-state index is 0.604. The lowest BCUT2D eigenvalue weighted by atomic mass is 10.2. The highest BCUT2D eigenvalue weighted by atomic mass is 16.5. The second-order valence-electron chi connectivity index (χ2n) is 3.72. The van der Waals surface area contributed by atoms with Crippen molar-refractivity contribution >= 4 is 16.7 Å². The second-order valence-corrected chi connectivity index (χ2v) is 3.72. The average molecular weight is 223 g/mol. The first-order valence-electron chi connectivity index (χ1n) is 5.17. The van der Waals surface area contributed by atoms with Crippen LogP contribution in [-0.4, -0.2) is 16.7 Å². The second kappa shape index (κ2) is 3.49. The lowest BCUT2D eigenvalue weighted by Gasteiger charge is -2.09. The average Bonchev–Trinajstić information content (AvgIpc) is 2.65. The number of methoxy groups -OCH3 is 1. The molecular weight excluding hydrogens is 214 g/mol. The van der Waals surface area contributed by atoms with Crippen LogP contribution in [0.3, 0.4) is 0 Å². The molecule has 0 spiro atoms. The zero-order chi connectivity index (χ0) is 11.8. The number of fused-ring (bicyclic) bond motifs is 1. The normalized spacial score (nSPS) is 13.1. The van der Waals surface area contributed by atoms with E-state index in [-0.39, 0.29) is 0 Å². The highest BCUT2D eigenvalue weighted by Crippen LogP contribution is 2.27. The van der Waals surface area contributed by atoms with Gasteiger partial charge in [-0.05, 0) is 18.2 Å². The fraction of sp³-hybridized carbons (Fsp3) is 0.0769. The number of hydrogen-bond acceptors (Lipinski definition) is 3. The first-order chi connectivity index (χ1) is 8.33. The number of nitrogens with zero attached hydrogens (tertiary/aromatic N) is 3. The summed E-state index contributed by atoms with van der Waals surface area (Å²) in [7, 11) is 1.59. The van der Waals surface area contributed by atoms with E-state index in [4.69, 9.17) is 10.00 Å². The minimum absolute atomic E-state index is 0.604. The van der Waals surface area contributed by atoms with Crippen LogP contribution >= 0.6 is 0 Å². The lowest BCUT2D eigenvalue weighted by Crippen LogP contribution is -1.97. The van der Waals surface area contributed by atoms with Gasteiger partial charge in [-0.25, -0.2) is 4.98 Å². The van der Waals surface area contributed by atoms with Gasteiger partial charge in [-0.3, -0.25) is 4.57 Å². The molecule has 0 fully saturated rings. The van der Waals surface area contributed by atoms with Crippen LogP contribution < -0.4 is 4.74 Å². The molecule has 0 saturated heterocycles. The number of nitriles is 1. The van der Waals surface area contributed by atoms with E-state index in [2.05, 4.69) is 11.1 Å². The van der Waals surface area contributed by atoms with Gasteiger partial charge >= 0.3 is 0 Å². The summed E-state index contributed by atoms with van der Waals surface area (Å²) in [6.45, 7) is 0. The maximum Gasteiger partial charge on any atom is 0.146 e. The number of hydrogen-bond donors (Lipinski definition) is 0. The molecule has 4 nitrogen and oxygen atoms in total. The Labute approximate surface area is 98.1 Å². The first kappa shape index (κ1) is 9.67. The summed E-state index contributed by atoms with van der Waals surface area (Å²) in [5.41, 5.74) is 2.42. The van der Waals surface area contributed by atoms with E-state index in [0.29, 0.717) is 11.3 Å². The van der Waals surface area contributed by atoms with Crippen molar-refractivity contribution in [3.05, 3.63) is 42.3 Å². The van der Waals surface area contributed by atoms with Crippen LogP contribution in [0.25, 0.3) is 16.7 Å². The molecule has 0 N–H and O–H groups in total. The third kappa shape index (κ3) is 1.33. The van der Waals surface area contributed by atoms with Crippen LogP contribution in [0.4, 0.5) is 0 Å². The van der Waals surface area contributed by atoms with Crippen LogP contribution in [-0.2, 0) is 0 Å². The van der Waals surface area contributed by atoms with Gasteiger partial charge in [0.25, 0.3) is 0 Å². The number of pyridine rings is 1. The number of allylic oxidation sites excluding steroid dienone is 4. The molecule has 0 aliphatic heterocycles. The number of aromatic nitrogens is 2. The lowest BCUT2D eigenvalue weighted by molar-refractivity contribution is 0.413. The van der Waals surface area contributed by atoms with Gasteiger partial charge in [-0.15, -0.1) is 0 Å². The molecule has 2 heterocycles. The van der Waals surface area contributed by atoms with Crippen LogP contribution in [0, 0.1) is 11.3 Å². The van der Waals surface area contributed by atoms with E-state index >= 15 is 0 Å². The van der Waals surface area contributed by atoms with E-state index in [1.807, 2.05) is 28.9 Å². The molecule has 0 radical (unpaired) electrons. The van der Waals surface area contributed by atoms with Crippen LogP contribution in [0.5, 0.6) is 5.75 Å². The summed E-state index contributed by atoms with van der Waals surface area (Å²) in [5, 5.41) is 9.93. The summed E-state index contributed by atoms with van der Waals surface area (Å²) < 4.78 is 7.03. The zero-order valence-corrected chi connectivity index (χ0v) is 9.21. The summed E-state index contributed by atoms with van der Waals surface area (Å²) in [5.74, 6) is 0.657. The van der Waals surface area contributed by atoms with Crippen molar-refractivity contribution in [1.82, 2.24) is 9.55 Å². The SMILES string of the molecule is COc1cnc2c(c1)c(C#N)cn2C1=CC=C1. The Morgan fingerprint density at radius 1 is 1.47 bits per heavy atom. The smallest absolute Gasteiger partial charge is 0.146 e. The van der Waals surface area contributed by atoms with Gasteiger partial charge in [0, 0.05) is 17.3 Å². The Balaban J connectivity index is 2.29. The molecule has 0 amide bonds. The van der Waals surface area contributed by atoms with Crippen molar-refractivity contribution in [2.24, 2.45) is 0 Å². The molecule has 1 aliphatic rings. The predicted octanol–water partition coefficient (Wildman–Crippen LogP) is 2.33. The first-order valence-corrected chi connectivity index (χ1v) is 5.17. The van der Waals surface area contributed by atoms with Gasteiger partial charge in [0.2, 0.25) is 0 Å². The van der Waals surface area contributed by atoms with Crippen molar-refractivity contribution in [3.63, 3.8) is 0 Å². The van der Waals surface area contributed by atoms with Crippen molar-refractivity contribution in [2.75, 3.05) is 7.11 Å². The van der Waals surface area contributed by atoms with Crippen LogP contribution in [0.15, 0.2) is 36.7 Å². The van der Waals surface area contributed by atoms with Gasteiger partial charge in [0.15, 0.2) is 0 Å². The Morgan fingerprint density at radius 3 is 2.88 bits per heavy atom.